The van der Waals surface area contributed by atoms with E-state index in [0.29, 0.717) is 17.5 Å². The summed E-state index contributed by atoms with van der Waals surface area (Å²) in [5, 5.41) is 11.3. The average molecular weight is 715 g/mol. The van der Waals surface area contributed by atoms with Crippen molar-refractivity contribution < 1.29 is 4.42 Å². The van der Waals surface area contributed by atoms with Gasteiger partial charge in [-0.1, -0.05) is 152 Å². The highest BCUT2D eigenvalue weighted by molar-refractivity contribution is 6.25. The van der Waals surface area contributed by atoms with Crippen molar-refractivity contribution in [2.24, 2.45) is 0 Å². The number of hydrogen-bond acceptors (Lipinski definition) is 4. The van der Waals surface area contributed by atoms with Crippen LogP contribution in [-0.2, 0) is 0 Å². The number of benzene rings is 9. The van der Waals surface area contributed by atoms with Crippen LogP contribution in [0, 0.1) is 0 Å². The van der Waals surface area contributed by atoms with Crippen LogP contribution in [0.25, 0.3) is 116 Å². The molecular formula is C51H30N4O. The summed E-state index contributed by atoms with van der Waals surface area (Å²) in [6.45, 7) is 0. The molecule has 0 fully saturated rings. The molecule has 0 atom stereocenters. The molecule has 12 rings (SSSR count). The van der Waals surface area contributed by atoms with Gasteiger partial charge in [0.2, 0.25) is 0 Å². The van der Waals surface area contributed by atoms with Crippen molar-refractivity contribution in [2.75, 3.05) is 0 Å². The van der Waals surface area contributed by atoms with Gasteiger partial charge in [0.05, 0.1) is 16.7 Å². The molecule has 0 aliphatic rings. The second kappa shape index (κ2) is 11.9. The van der Waals surface area contributed by atoms with E-state index >= 15 is 0 Å². The third-order valence-electron chi connectivity index (χ3n) is 11.2. The Morgan fingerprint density at radius 2 is 0.946 bits per heavy atom. The molecular weight excluding hydrogens is 685 g/mol. The minimum absolute atomic E-state index is 0.594. The molecule has 260 valence electrons. The lowest BCUT2D eigenvalue weighted by molar-refractivity contribution is 0.670. The third-order valence-corrected chi connectivity index (χ3v) is 11.2. The number of hydrogen-bond donors (Lipinski definition) is 0. The molecule has 3 aromatic heterocycles. The van der Waals surface area contributed by atoms with Crippen molar-refractivity contribution in [3.05, 3.63) is 182 Å². The van der Waals surface area contributed by atoms with E-state index in [0.717, 1.165) is 66.1 Å². The second-order valence-electron chi connectivity index (χ2n) is 14.4. The van der Waals surface area contributed by atoms with Crippen molar-refractivity contribution in [1.82, 2.24) is 19.5 Å². The van der Waals surface area contributed by atoms with Gasteiger partial charge >= 0.3 is 0 Å². The summed E-state index contributed by atoms with van der Waals surface area (Å²) in [4.78, 5) is 15.4. The van der Waals surface area contributed by atoms with Gasteiger partial charge in [0.25, 0.3) is 0 Å². The van der Waals surface area contributed by atoms with Crippen molar-refractivity contribution >= 4 is 76.1 Å². The molecule has 3 heterocycles. The van der Waals surface area contributed by atoms with Gasteiger partial charge in [-0.25, -0.2) is 15.0 Å². The molecule has 0 spiro atoms. The number of furan rings is 1. The second-order valence-corrected chi connectivity index (χ2v) is 14.4. The summed E-state index contributed by atoms with van der Waals surface area (Å²) in [6, 6.07) is 63.8. The molecule has 0 saturated heterocycles. The van der Waals surface area contributed by atoms with Gasteiger partial charge < -0.3 is 8.98 Å². The van der Waals surface area contributed by atoms with Crippen LogP contribution < -0.4 is 0 Å². The number of para-hydroxylation sites is 1. The minimum Gasteiger partial charge on any atom is -0.453 e. The monoisotopic (exact) mass is 714 g/mol. The Balaban J connectivity index is 1.20. The predicted octanol–water partition coefficient (Wildman–Crippen LogP) is 13.3. The first-order valence-corrected chi connectivity index (χ1v) is 18.9. The van der Waals surface area contributed by atoms with E-state index in [2.05, 4.69) is 126 Å². The van der Waals surface area contributed by atoms with Gasteiger partial charge in [0, 0.05) is 43.6 Å². The maximum absolute atomic E-state index is 7.19. The Hall–Kier alpha value is -7.63. The summed E-state index contributed by atoms with van der Waals surface area (Å²) in [5.74, 6) is 1.83. The fourth-order valence-corrected chi connectivity index (χ4v) is 8.63. The quantitative estimate of drug-likeness (QED) is 0.182. The van der Waals surface area contributed by atoms with Crippen LogP contribution in [0.1, 0.15) is 0 Å². The zero-order valence-corrected chi connectivity index (χ0v) is 30.0. The lowest BCUT2D eigenvalue weighted by Gasteiger charge is -2.11. The van der Waals surface area contributed by atoms with Gasteiger partial charge in [-0.2, -0.15) is 0 Å². The number of fused-ring (bicyclic) bond motifs is 11. The Bertz CT molecular complexity index is 3470. The topological polar surface area (TPSA) is 56.7 Å². The normalized spacial score (nSPS) is 11.9. The maximum Gasteiger partial charge on any atom is 0.164 e. The van der Waals surface area contributed by atoms with Crippen molar-refractivity contribution in [1.29, 1.82) is 0 Å². The smallest absolute Gasteiger partial charge is 0.164 e. The number of nitrogens with zero attached hydrogens (tertiary/aromatic N) is 4. The van der Waals surface area contributed by atoms with E-state index in [9.17, 15) is 0 Å². The molecule has 0 aliphatic heterocycles. The van der Waals surface area contributed by atoms with E-state index in [4.69, 9.17) is 19.4 Å². The molecule has 0 amide bonds. The van der Waals surface area contributed by atoms with Crippen LogP contribution in [0.3, 0.4) is 0 Å². The number of rotatable bonds is 4. The van der Waals surface area contributed by atoms with Crippen LogP contribution in [0.4, 0.5) is 0 Å². The first-order chi connectivity index (χ1) is 27.8. The highest BCUT2D eigenvalue weighted by Gasteiger charge is 2.24. The van der Waals surface area contributed by atoms with Gasteiger partial charge in [-0.3, -0.25) is 0 Å². The standard InChI is InChI=1S/C51H30N4O/c1-3-15-32(16-4-1)49-52-50(33-17-5-2-6-18-33)54-51(53-49)41-29-36-21-10-12-23-38(36)48-46(41)39-24-13-25-43(47(39)56-48)55-42-27-26-31-14-9-11-22-37(31)45(42)40-28-34-19-7-8-20-35(34)30-44(40)55/h1-30H. The summed E-state index contributed by atoms with van der Waals surface area (Å²) in [6.07, 6.45) is 0. The Morgan fingerprint density at radius 3 is 1.68 bits per heavy atom. The minimum atomic E-state index is 0.594. The lowest BCUT2D eigenvalue weighted by Crippen LogP contribution is -2.00. The summed E-state index contributed by atoms with van der Waals surface area (Å²) >= 11 is 0. The van der Waals surface area contributed by atoms with E-state index in [-0.39, 0.29) is 0 Å². The van der Waals surface area contributed by atoms with Gasteiger partial charge in [-0.05, 0) is 57.3 Å². The van der Waals surface area contributed by atoms with Crippen LogP contribution >= 0.6 is 0 Å². The molecule has 0 bridgehead atoms. The molecule has 0 saturated carbocycles. The van der Waals surface area contributed by atoms with E-state index < -0.39 is 0 Å². The Morgan fingerprint density at radius 1 is 0.357 bits per heavy atom. The van der Waals surface area contributed by atoms with Gasteiger partial charge in [-0.15, -0.1) is 0 Å². The van der Waals surface area contributed by atoms with E-state index in [1.54, 1.807) is 0 Å². The fraction of sp³-hybridized carbons (Fsp3) is 0. The van der Waals surface area contributed by atoms with Crippen molar-refractivity contribution in [2.45, 2.75) is 0 Å². The molecule has 0 N–H and O–H groups in total. The molecule has 0 aliphatic carbocycles. The predicted molar refractivity (Wildman–Crippen MR) is 230 cm³/mol. The Kier molecular flexibility index (Phi) is 6.56. The van der Waals surface area contributed by atoms with Crippen LogP contribution in [0.15, 0.2) is 186 Å². The number of aromatic nitrogens is 4. The summed E-state index contributed by atoms with van der Waals surface area (Å²) in [7, 11) is 0. The molecule has 56 heavy (non-hydrogen) atoms. The van der Waals surface area contributed by atoms with Crippen molar-refractivity contribution in [3.63, 3.8) is 0 Å². The molecule has 5 heteroatoms. The molecule has 5 nitrogen and oxygen atoms in total. The summed E-state index contributed by atoms with van der Waals surface area (Å²) < 4.78 is 9.58. The maximum atomic E-state index is 7.19. The SMILES string of the molecule is c1ccc(-c2nc(-c3ccccc3)nc(-c3cc4ccccc4c4oc5c(-n6c7cc8ccccc8cc7c7c8ccccc8ccc76)cccc5c34)n2)cc1. The third kappa shape index (κ3) is 4.58. The van der Waals surface area contributed by atoms with E-state index in [1.807, 2.05) is 60.7 Å². The summed E-state index contributed by atoms with van der Waals surface area (Å²) in [5.41, 5.74) is 7.60. The van der Waals surface area contributed by atoms with Crippen molar-refractivity contribution in [3.8, 4) is 39.9 Å². The zero-order valence-electron chi connectivity index (χ0n) is 30.0. The van der Waals surface area contributed by atoms with Crippen LogP contribution in [0.5, 0.6) is 0 Å². The van der Waals surface area contributed by atoms with Crippen LogP contribution in [0.2, 0.25) is 0 Å². The molecule has 0 radical (unpaired) electrons. The average Bonchev–Trinajstić information content (AvgIpc) is 3.82. The lowest BCUT2D eigenvalue weighted by atomic mass is 9.99. The van der Waals surface area contributed by atoms with E-state index in [1.165, 1.54) is 32.3 Å². The molecule has 9 aromatic carbocycles. The van der Waals surface area contributed by atoms with Gasteiger partial charge in [0.1, 0.15) is 5.58 Å². The Labute approximate surface area is 320 Å². The molecule has 0 unspecified atom stereocenters. The highest BCUT2D eigenvalue weighted by atomic mass is 16.3. The first kappa shape index (κ1) is 30.8. The first-order valence-electron chi connectivity index (χ1n) is 18.9. The van der Waals surface area contributed by atoms with Gasteiger partial charge in [0.15, 0.2) is 23.1 Å². The fourth-order valence-electron chi connectivity index (χ4n) is 8.63. The molecule has 12 aromatic rings. The highest BCUT2D eigenvalue weighted by Crippen LogP contribution is 2.45. The van der Waals surface area contributed by atoms with Crippen LogP contribution in [-0.4, -0.2) is 19.5 Å². The zero-order chi connectivity index (χ0) is 36.7. The largest absolute Gasteiger partial charge is 0.453 e.